The molecule has 92 valence electrons. The SMILES string of the molecule is CCNC(=O)NC1CCC(NC(C)=O)CC1. The molecule has 0 heterocycles. The minimum Gasteiger partial charge on any atom is -0.354 e. The summed E-state index contributed by atoms with van der Waals surface area (Å²) < 4.78 is 0. The van der Waals surface area contributed by atoms with Gasteiger partial charge in [0, 0.05) is 25.6 Å². The van der Waals surface area contributed by atoms with Crippen molar-refractivity contribution < 1.29 is 9.59 Å². The molecule has 1 aliphatic carbocycles. The third-order valence-corrected chi connectivity index (χ3v) is 2.81. The van der Waals surface area contributed by atoms with Crippen molar-refractivity contribution in [2.24, 2.45) is 0 Å². The quantitative estimate of drug-likeness (QED) is 0.666. The predicted octanol–water partition coefficient (Wildman–Crippen LogP) is 0.753. The Bertz CT molecular complexity index is 248. The molecule has 3 N–H and O–H groups in total. The standard InChI is InChI=1S/C11H21N3O2/c1-3-12-11(16)14-10-6-4-9(5-7-10)13-8(2)15/h9-10H,3-7H2,1-2H3,(H,13,15)(H2,12,14,16). The Labute approximate surface area is 96.4 Å². The first-order chi connectivity index (χ1) is 7.61. The van der Waals surface area contributed by atoms with Crippen LogP contribution >= 0.6 is 0 Å². The number of nitrogens with one attached hydrogen (secondary N) is 3. The number of amides is 3. The molecule has 1 fully saturated rings. The summed E-state index contributed by atoms with van der Waals surface area (Å²) in [4.78, 5) is 22.1. The number of carbonyl (C=O) groups is 2. The minimum atomic E-state index is -0.0922. The number of rotatable bonds is 3. The van der Waals surface area contributed by atoms with Crippen LogP contribution in [-0.2, 0) is 4.79 Å². The Morgan fingerprint density at radius 3 is 2.00 bits per heavy atom. The fourth-order valence-electron chi connectivity index (χ4n) is 2.07. The van der Waals surface area contributed by atoms with Crippen molar-refractivity contribution in [3.05, 3.63) is 0 Å². The smallest absolute Gasteiger partial charge is 0.314 e. The van der Waals surface area contributed by atoms with Crippen LogP contribution in [0.2, 0.25) is 0 Å². The van der Waals surface area contributed by atoms with Gasteiger partial charge in [0.25, 0.3) is 0 Å². The number of urea groups is 1. The Hall–Kier alpha value is -1.26. The van der Waals surface area contributed by atoms with E-state index in [1.165, 1.54) is 0 Å². The van der Waals surface area contributed by atoms with E-state index in [2.05, 4.69) is 16.0 Å². The molecule has 1 rings (SSSR count). The molecule has 5 heteroatoms. The second-order valence-electron chi connectivity index (χ2n) is 4.25. The van der Waals surface area contributed by atoms with Crippen molar-refractivity contribution in [2.75, 3.05) is 6.54 Å². The molecule has 5 nitrogen and oxygen atoms in total. The minimum absolute atomic E-state index is 0.0279. The molecule has 0 atom stereocenters. The van der Waals surface area contributed by atoms with Crippen LogP contribution < -0.4 is 16.0 Å². The van der Waals surface area contributed by atoms with Gasteiger partial charge in [-0.15, -0.1) is 0 Å². The van der Waals surface area contributed by atoms with Gasteiger partial charge in [0.15, 0.2) is 0 Å². The lowest BCUT2D eigenvalue weighted by Crippen LogP contribution is -2.46. The first-order valence-electron chi connectivity index (χ1n) is 5.93. The Kier molecular flexibility index (Phi) is 5.08. The molecule has 1 aliphatic rings. The summed E-state index contributed by atoms with van der Waals surface area (Å²) >= 11 is 0. The maximum atomic E-state index is 11.3. The normalized spacial score (nSPS) is 24.6. The van der Waals surface area contributed by atoms with E-state index in [0.29, 0.717) is 6.54 Å². The van der Waals surface area contributed by atoms with Crippen LogP contribution in [0.1, 0.15) is 39.5 Å². The highest BCUT2D eigenvalue weighted by molar-refractivity contribution is 5.74. The molecule has 0 bridgehead atoms. The summed E-state index contributed by atoms with van der Waals surface area (Å²) in [5, 5.41) is 8.56. The van der Waals surface area contributed by atoms with E-state index in [1.54, 1.807) is 6.92 Å². The van der Waals surface area contributed by atoms with Gasteiger partial charge in [-0.2, -0.15) is 0 Å². The van der Waals surface area contributed by atoms with E-state index in [9.17, 15) is 9.59 Å². The second-order valence-corrected chi connectivity index (χ2v) is 4.25. The van der Waals surface area contributed by atoms with Crippen molar-refractivity contribution in [3.63, 3.8) is 0 Å². The number of hydrogen-bond acceptors (Lipinski definition) is 2. The van der Waals surface area contributed by atoms with Crippen molar-refractivity contribution in [1.82, 2.24) is 16.0 Å². The number of hydrogen-bond donors (Lipinski definition) is 3. The molecule has 16 heavy (non-hydrogen) atoms. The van der Waals surface area contributed by atoms with E-state index in [0.717, 1.165) is 25.7 Å². The van der Waals surface area contributed by atoms with Crippen molar-refractivity contribution in [2.45, 2.75) is 51.6 Å². The predicted molar refractivity (Wildman–Crippen MR) is 62.1 cm³/mol. The lowest BCUT2D eigenvalue weighted by molar-refractivity contribution is -0.119. The third kappa shape index (κ3) is 4.51. The molecular formula is C11H21N3O2. The van der Waals surface area contributed by atoms with Crippen LogP contribution in [0.15, 0.2) is 0 Å². The molecule has 3 amide bonds. The molecule has 0 aromatic heterocycles. The van der Waals surface area contributed by atoms with Crippen LogP contribution in [0, 0.1) is 0 Å². The molecule has 1 saturated carbocycles. The summed E-state index contributed by atoms with van der Waals surface area (Å²) in [5.41, 5.74) is 0. The first-order valence-corrected chi connectivity index (χ1v) is 5.93. The van der Waals surface area contributed by atoms with Gasteiger partial charge in [-0.1, -0.05) is 0 Å². The Morgan fingerprint density at radius 1 is 1.06 bits per heavy atom. The summed E-state index contributed by atoms with van der Waals surface area (Å²) in [5.74, 6) is 0.0279. The zero-order valence-corrected chi connectivity index (χ0v) is 10.0. The zero-order chi connectivity index (χ0) is 12.0. The van der Waals surface area contributed by atoms with Gasteiger partial charge in [0.2, 0.25) is 5.91 Å². The first kappa shape index (κ1) is 12.8. The van der Waals surface area contributed by atoms with Gasteiger partial charge in [-0.25, -0.2) is 4.79 Å². The Balaban J connectivity index is 2.21. The zero-order valence-electron chi connectivity index (χ0n) is 10.0. The molecule has 0 radical (unpaired) electrons. The van der Waals surface area contributed by atoms with Crippen molar-refractivity contribution in [3.8, 4) is 0 Å². The fourth-order valence-corrected chi connectivity index (χ4v) is 2.07. The highest BCUT2D eigenvalue weighted by atomic mass is 16.2. The Morgan fingerprint density at radius 2 is 1.56 bits per heavy atom. The van der Waals surface area contributed by atoms with Gasteiger partial charge in [0.1, 0.15) is 0 Å². The average Bonchev–Trinajstić information content (AvgIpc) is 2.20. The molecule has 0 aromatic carbocycles. The van der Waals surface area contributed by atoms with Crippen LogP contribution in [0.4, 0.5) is 4.79 Å². The molecular weight excluding hydrogens is 206 g/mol. The third-order valence-electron chi connectivity index (χ3n) is 2.81. The lowest BCUT2D eigenvalue weighted by atomic mass is 9.91. The van der Waals surface area contributed by atoms with Crippen molar-refractivity contribution in [1.29, 1.82) is 0 Å². The van der Waals surface area contributed by atoms with Gasteiger partial charge in [0.05, 0.1) is 0 Å². The van der Waals surface area contributed by atoms with E-state index in [1.807, 2.05) is 6.92 Å². The van der Waals surface area contributed by atoms with Gasteiger partial charge < -0.3 is 16.0 Å². The largest absolute Gasteiger partial charge is 0.354 e. The van der Waals surface area contributed by atoms with Crippen molar-refractivity contribution >= 4 is 11.9 Å². The fraction of sp³-hybridized carbons (Fsp3) is 0.818. The second kappa shape index (κ2) is 6.35. The highest BCUT2D eigenvalue weighted by Crippen LogP contribution is 2.18. The average molecular weight is 227 g/mol. The lowest BCUT2D eigenvalue weighted by Gasteiger charge is -2.29. The number of carbonyl (C=O) groups excluding carboxylic acids is 2. The summed E-state index contributed by atoms with van der Waals surface area (Å²) in [7, 11) is 0. The molecule has 0 saturated heterocycles. The van der Waals surface area contributed by atoms with E-state index >= 15 is 0 Å². The van der Waals surface area contributed by atoms with Crippen LogP contribution in [0.3, 0.4) is 0 Å². The summed E-state index contributed by atoms with van der Waals surface area (Å²) in [6, 6.07) is 0.437. The maximum Gasteiger partial charge on any atom is 0.314 e. The topological polar surface area (TPSA) is 70.2 Å². The van der Waals surface area contributed by atoms with E-state index < -0.39 is 0 Å². The maximum absolute atomic E-state index is 11.3. The van der Waals surface area contributed by atoms with Crippen LogP contribution in [0.5, 0.6) is 0 Å². The highest BCUT2D eigenvalue weighted by Gasteiger charge is 2.22. The summed E-state index contributed by atoms with van der Waals surface area (Å²) in [6.45, 7) is 4.08. The molecule has 0 aliphatic heterocycles. The van der Waals surface area contributed by atoms with Crippen LogP contribution in [0.25, 0.3) is 0 Å². The van der Waals surface area contributed by atoms with Crippen LogP contribution in [-0.4, -0.2) is 30.6 Å². The molecule has 0 spiro atoms. The van der Waals surface area contributed by atoms with E-state index in [-0.39, 0.29) is 24.0 Å². The monoisotopic (exact) mass is 227 g/mol. The molecule has 0 unspecified atom stereocenters. The van der Waals surface area contributed by atoms with Gasteiger partial charge >= 0.3 is 6.03 Å². The van der Waals surface area contributed by atoms with Gasteiger partial charge in [-0.3, -0.25) is 4.79 Å². The molecule has 0 aromatic rings. The van der Waals surface area contributed by atoms with E-state index in [4.69, 9.17) is 0 Å². The van der Waals surface area contributed by atoms with Gasteiger partial charge in [-0.05, 0) is 32.6 Å². The summed E-state index contributed by atoms with van der Waals surface area (Å²) in [6.07, 6.45) is 3.75.